The summed E-state index contributed by atoms with van der Waals surface area (Å²) >= 11 is 0. The summed E-state index contributed by atoms with van der Waals surface area (Å²) in [6, 6.07) is 12.0. The van der Waals surface area contributed by atoms with E-state index in [0.29, 0.717) is 32.5 Å². The van der Waals surface area contributed by atoms with E-state index in [4.69, 9.17) is 0 Å². The second-order valence-corrected chi connectivity index (χ2v) is 9.60. The molecule has 0 aromatic heterocycles. The van der Waals surface area contributed by atoms with Crippen molar-refractivity contribution < 1.29 is 14.4 Å². The van der Waals surface area contributed by atoms with Gasteiger partial charge < -0.3 is 15.1 Å². The van der Waals surface area contributed by atoms with E-state index in [0.717, 1.165) is 28.1 Å². The first-order valence-electron chi connectivity index (χ1n) is 11.8. The number of aryl methyl sites for hydroxylation is 4. The highest BCUT2D eigenvalue weighted by Crippen LogP contribution is 2.29. The highest BCUT2D eigenvalue weighted by molar-refractivity contribution is 6.00. The van der Waals surface area contributed by atoms with Gasteiger partial charge in [-0.15, -0.1) is 0 Å². The second kappa shape index (κ2) is 9.38. The van der Waals surface area contributed by atoms with Crippen LogP contribution in [0, 0.1) is 39.5 Å². The monoisotopic (exact) mass is 447 g/mol. The van der Waals surface area contributed by atoms with Crippen molar-refractivity contribution in [2.75, 3.05) is 29.9 Å². The van der Waals surface area contributed by atoms with E-state index in [1.165, 1.54) is 5.56 Å². The standard InChI is InChI=1S/C27H33N3O3/c1-17-5-7-23(8-6-17)30-16-22(15-24(30)31)27(33)29-11-9-21(10-12-29)26(32)28-25-19(3)13-18(2)14-20(25)4/h5-8,13-14,21-22H,9-12,15-16H2,1-4H3,(H,28,32). The Balaban J connectivity index is 1.32. The van der Waals surface area contributed by atoms with Crippen molar-refractivity contribution in [3.05, 3.63) is 58.7 Å². The molecule has 2 aromatic rings. The second-order valence-electron chi connectivity index (χ2n) is 9.60. The molecule has 0 saturated carbocycles. The zero-order chi connectivity index (χ0) is 23.7. The zero-order valence-corrected chi connectivity index (χ0v) is 20.0. The predicted molar refractivity (Wildman–Crippen MR) is 130 cm³/mol. The molecule has 0 spiro atoms. The topological polar surface area (TPSA) is 69.7 Å². The van der Waals surface area contributed by atoms with Crippen molar-refractivity contribution in [1.82, 2.24) is 4.90 Å². The van der Waals surface area contributed by atoms with E-state index in [1.54, 1.807) is 4.90 Å². The Morgan fingerprint density at radius 1 is 0.879 bits per heavy atom. The molecule has 2 aliphatic heterocycles. The lowest BCUT2D eigenvalue weighted by Crippen LogP contribution is -2.44. The molecule has 33 heavy (non-hydrogen) atoms. The number of rotatable bonds is 4. The summed E-state index contributed by atoms with van der Waals surface area (Å²) < 4.78 is 0. The maximum absolute atomic E-state index is 13.1. The van der Waals surface area contributed by atoms with Crippen LogP contribution in [0.3, 0.4) is 0 Å². The highest BCUT2D eigenvalue weighted by Gasteiger charge is 2.38. The van der Waals surface area contributed by atoms with Crippen LogP contribution >= 0.6 is 0 Å². The molecule has 0 aliphatic carbocycles. The lowest BCUT2D eigenvalue weighted by molar-refractivity contribution is -0.138. The Labute approximate surface area is 196 Å². The van der Waals surface area contributed by atoms with Gasteiger partial charge in [-0.2, -0.15) is 0 Å². The summed E-state index contributed by atoms with van der Waals surface area (Å²) in [7, 11) is 0. The van der Waals surface area contributed by atoms with E-state index in [1.807, 2.05) is 49.9 Å². The molecular formula is C27H33N3O3. The van der Waals surface area contributed by atoms with Crippen LogP contribution in [0.5, 0.6) is 0 Å². The quantitative estimate of drug-likeness (QED) is 0.766. The third-order valence-electron chi connectivity index (χ3n) is 6.92. The molecule has 2 heterocycles. The molecule has 6 nitrogen and oxygen atoms in total. The number of amides is 3. The van der Waals surface area contributed by atoms with Crippen molar-refractivity contribution in [2.24, 2.45) is 11.8 Å². The number of piperidine rings is 1. The van der Waals surface area contributed by atoms with E-state index >= 15 is 0 Å². The van der Waals surface area contributed by atoms with Crippen LogP contribution in [0.25, 0.3) is 0 Å². The molecule has 174 valence electrons. The Kier molecular flexibility index (Phi) is 6.54. The van der Waals surface area contributed by atoms with Crippen LogP contribution in [0.4, 0.5) is 11.4 Å². The fourth-order valence-electron chi connectivity index (χ4n) is 5.07. The van der Waals surface area contributed by atoms with Crippen LogP contribution < -0.4 is 10.2 Å². The third kappa shape index (κ3) is 4.95. The lowest BCUT2D eigenvalue weighted by atomic mass is 9.94. The van der Waals surface area contributed by atoms with Crippen molar-refractivity contribution in [1.29, 1.82) is 0 Å². The van der Waals surface area contributed by atoms with Gasteiger partial charge in [-0.3, -0.25) is 14.4 Å². The third-order valence-corrected chi connectivity index (χ3v) is 6.92. The Hall–Kier alpha value is -3.15. The molecule has 6 heteroatoms. The average molecular weight is 448 g/mol. The fourth-order valence-corrected chi connectivity index (χ4v) is 5.07. The van der Waals surface area contributed by atoms with Crippen molar-refractivity contribution in [3.8, 4) is 0 Å². The van der Waals surface area contributed by atoms with Gasteiger partial charge in [-0.1, -0.05) is 35.4 Å². The molecule has 2 fully saturated rings. The van der Waals surface area contributed by atoms with Gasteiger partial charge in [-0.05, 0) is 63.8 Å². The van der Waals surface area contributed by atoms with Gasteiger partial charge in [0.2, 0.25) is 17.7 Å². The fraction of sp³-hybridized carbons (Fsp3) is 0.444. The molecular weight excluding hydrogens is 414 g/mol. The van der Waals surface area contributed by atoms with E-state index < -0.39 is 0 Å². The smallest absolute Gasteiger partial charge is 0.228 e. The number of anilines is 2. The molecule has 0 bridgehead atoms. The summed E-state index contributed by atoms with van der Waals surface area (Å²) in [5.74, 6) is -0.374. The van der Waals surface area contributed by atoms with Gasteiger partial charge in [0.1, 0.15) is 0 Å². The van der Waals surface area contributed by atoms with Crippen molar-refractivity contribution in [3.63, 3.8) is 0 Å². The first kappa shape index (κ1) is 23.0. The number of benzene rings is 2. The van der Waals surface area contributed by atoms with Gasteiger partial charge in [0.15, 0.2) is 0 Å². The summed E-state index contributed by atoms with van der Waals surface area (Å²) in [5.41, 5.74) is 6.19. The normalized spacial score (nSPS) is 19.2. The number of hydrogen-bond acceptors (Lipinski definition) is 3. The van der Waals surface area contributed by atoms with Gasteiger partial charge in [0.25, 0.3) is 0 Å². The van der Waals surface area contributed by atoms with Crippen molar-refractivity contribution in [2.45, 2.75) is 47.0 Å². The summed E-state index contributed by atoms with van der Waals surface area (Å²) in [4.78, 5) is 42.1. The van der Waals surface area contributed by atoms with E-state index in [9.17, 15) is 14.4 Å². The highest BCUT2D eigenvalue weighted by atomic mass is 16.2. The van der Waals surface area contributed by atoms with E-state index in [2.05, 4.69) is 24.4 Å². The molecule has 2 saturated heterocycles. The van der Waals surface area contributed by atoms with E-state index in [-0.39, 0.29) is 36.0 Å². The first-order chi connectivity index (χ1) is 15.7. The Bertz CT molecular complexity index is 1050. The van der Waals surface area contributed by atoms with Crippen LogP contribution in [0.1, 0.15) is 41.5 Å². The van der Waals surface area contributed by atoms with Crippen LogP contribution in [-0.2, 0) is 14.4 Å². The summed E-state index contributed by atoms with van der Waals surface area (Å²) in [6.45, 7) is 9.62. The molecule has 2 aromatic carbocycles. The number of nitrogens with zero attached hydrogens (tertiary/aromatic N) is 2. The van der Waals surface area contributed by atoms with Gasteiger partial charge in [0, 0.05) is 43.3 Å². The minimum Gasteiger partial charge on any atom is -0.342 e. The molecule has 2 aliphatic rings. The SMILES string of the molecule is Cc1ccc(N2CC(C(=O)N3CCC(C(=O)Nc4c(C)cc(C)cc4C)CC3)CC2=O)cc1. The number of nitrogens with one attached hydrogen (secondary N) is 1. The Morgan fingerprint density at radius 2 is 1.48 bits per heavy atom. The van der Waals surface area contributed by atoms with Crippen LogP contribution in [-0.4, -0.2) is 42.3 Å². The molecule has 1 atom stereocenters. The molecule has 1 N–H and O–H groups in total. The number of hydrogen-bond donors (Lipinski definition) is 1. The van der Waals surface area contributed by atoms with Crippen LogP contribution in [0.15, 0.2) is 36.4 Å². The lowest BCUT2D eigenvalue weighted by Gasteiger charge is -2.33. The predicted octanol–water partition coefficient (Wildman–Crippen LogP) is 4.15. The number of carbonyl (C=O) groups is 3. The van der Waals surface area contributed by atoms with Crippen LogP contribution in [0.2, 0.25) is 0 Å². The van der Waals surface area contributed by atoms with Gasteiger partial charge >= 0.3 is 0 Å². The maximum Gasteiger partial charge on any atom is 0.228 e. The number of likely N-dealkylation sites (tertiary alicyclic amines) is 1. The zero-order valence-electron chi connectivity index (χ0n) is 20.0. The largest absolute Gasteiger partial charge is 0.342 e. The summed E-state index contributed by atoms with van der Waals surface area (Å²) in [6.07, 6.45) is 1.53. The van der Waals surface area contributed by atoms with Gasteiger partial charge in [0.05, 0.1) is 5.92 Å². The molecule has 1 unspecified atom stereocenters. The van der Waals surface area contributed by atoms with Crippen molar-refractivity contribution >= 4 is 29.1 Å². The average Bonchev–Trinajstić information content (AvgIpc) is 3.17. The number of carbonyl (C=O) groups excluding carboxylic acids is 3. The summed E-state index contributed by atoms with van der Waals surface area (Å²) in [5, 5.41) is 3.11. The first-order valence-corrected chi connectivity index (χ1v) is 11.8. The minimum atomic E-state index is -0.318. The maximum atomic E-state index is 13.1. The van der Waals surface area contributed by atoms with Gasteiger partial charge in [-0.25, -0.2) is 0 Å². The molecule has 4 rings (SSSR count). The minimum absolute atomic E-state index is 0.00435. The molecule has 3 amide bonds. The molecule has 0 radical (unpaired) electrons. The Morgan fingerprint density at radius 3 is 2.09 bits per heavy atom.